The average molecular weight is 296 g/mol. The van der Waals surface area contributed by atoms with Crippen LogP contribution >= 0.6 is 0 Å². The number of piperidine rings is 1. The summed E-state index contributed by atoms with van der Waals surface area (Å²) < 4.78 is 5.49. The lowest BCUT2D eigenvalue weighted by Gasteiger charge is -2.50. The van der Waals surface area contributed by atoms with E-state index >= 15 is 0 Å². The molecule has 0 radical (unpaired) electrons. The van der Waals surface area contributed by atoms with Crippen molar-refractivity contribution in [2.45, 2.75) is 31.1 Å². The highest BCUT2D eigenvalue weighted by Gasteiger charge is 2.56. The van der Waals surface area contributed by atoms with Crippen molar-refractivity contribution < 1.29 is 9.32 Å². The minimum atomic E-state index is -0.480. The molecule has 0 N–H and O–H groups in total. The van der Waals surface area contributed by atoms with Gasteiger partial charge in [0, 0.05) is 25.1 Å². The highest BCUT2D eigenvalue weighted by atomic mass is 16.5. The van der Waals surface area contributed by atoms with Gasteiger partial charge in [-0.05, 0) is 24.3 Å². The fraction of sp³-hybridized carbons (Fsp3) is 0.444. The number of rotatable bonds is 1. The Kier molecular flexibility index (Phi) is 2.90. The Morgan fingerprint density at radius 2 is 2.09 bits per heavy atom. The molecule has 2 heterocycles. The smallest absolute Gasteiger partial charge is 0.233 e. The number of fused-ring (bicyclic) bond motifs is 2. The van der Waals surface area contributed by atoms with Gasteiger partial charge in [-0.3, -0.25) is 4.79 Å². The van der Waals surface area contributed by atoms with E-state index in [2.05, 4.69) is 24.2 Å². The number of hydrogen-bond donors (Lipinski definition) is 0. The summed E-state index contributed by atoms with van der Waals surface area (Å²) in [5, 5.41) is 3.98. The molecule has 1 aliphatic carbocycles. The molecule has 1 unspecified atom stereocenters. The molecule has 3 atom stereocenters. The lowest BCUT2D eigenvalue weighted by molar-refractivity contribution is -0.144. The Labute approximate surface area is 130 Å². The van der Waals surface area contributed by atoms with Crippen LogP contribution in [0, 0.1) is 5.92 Å². The van der Waals surface area contributed by atoms with Crippen molar-refractivity contribution in [1.29, 1.82) is 0 Å². The second kappa shape index (κ2) is 4.70. The predicted molar refractivity (Wildman–Crippen MR) is 82.5 cm³/mol. The topological polar surface area (TPSA) is 46.3 Å². The summed E-state index contributed by atoms with van der Waals surface area (Å²) in [4.78, 5) is 15.1. The quantitative estimate of drug-likeness (QED) is 0.813. The molecule has 1 fully saturated rings. The van der Waals surface area contributed by atoms with Crippen LogP contribution in [0.1, 0.15) is 36.1 Å². The normalized spacial score (nSPS) is 30.8. The standard InChI is InChI=1S/C18H20N2O2/c1-12-15-8-9-20(2)17(21)18(15,14-6-4-3-5-7-14)10-13-11-19-22-16(12)13/h3-7,11-12,15H,8-10H2,1-2H3/t12-,15-,18?/m0/s1. The third kappa shape index (κ3) is 1.64. The number of benzene rings is 1. The number of carbonyl (C=O) groups excluding carboxylic acids is 1. The zero-order valence-corrected chi connectivity index (χ0v) is 13.0. The van der Waals surface area contributed by atoms with Gasteiger partial charge in [0.05, 0.1) is 11.6 Å². The zero-order valence-electron chi connectivity index (χ0n) is 13.0. The van der Waals surface area contributed by atoms with Crippen LogP contribution in [-0.2, 0) is 16.6 Å². The van der Waals surface area contributed by atoms with Crippen LogP contribution in [0.15, 0.2) is 41.1 Å². The van der Waals surface area contributed by atoms with Crippen LogP contribution in [0.5, 0.6) is 0 Å². The maximum Gasteiger partial charge on any atom is 0.233 e. The van der Waals surface area contributed by atoms with Crippen LogP contribution in [0.3, 0.4) is 0 Å². The first-order chi connectivity index (χ1) is 10.6. The van der Waals surface area contributed by atoms with Crippen LogP contribution < -0.4 is 0 Å². The number of likely N-dealkylation sites (tertiary alicyclic amines) is 1. The van der Waals surface area contributed by atoms with Gasteiger partial charge in [0.1, 0.15) is 5.76 Å². The van der Waals surface area contributed by atoms with Crippen molar-refractivity contribution in [3.8, 4) is 0 Å². The average Bonchev–Trinajstić information content (AvgIpc) is 3.01. The minimum absolute atomic E-state index is 0.212. The second-order valence-corrected chi connectivity index (χ2v) is 6.64. The summed E-state index contributed by atoms with van der Waals surface area (Å²) >= 11 is 0. The second-order valence-electron chi connectivity index (χ2n) is 6.64. The summed E-state index contributed by atoms with van der Waals surface area (Å²) in [5.41, 5.74) is 1.72. The van der Waals surface area contributed by atoms with E-state index < -0.39 is 5.41 Å². The number of hydrogen-bond acceptors (Lipinski definition) is 3. The van der Waals surface area contributed by atoms with Gasteiger partial charge < -0.3 is 9.42 Å². The molecule has 0 spiro atoms. The van der Waals surface area contributed by atoms with Crippen molar-refractivity contribution in [2.75, 3.05) is 13.6 Å². The van der Waals surface area contributed by atoms with Gasteiger partial charge in [-0.1, -0.05) is 42.4 Å². The molecule has 1 aliphatic heterocycles. The van der Waals surface area contributed by atoms with E-state index in [9.17, 15) is 4.79 Å². The number of nitrogens with zero attached hydrogens (tertiary/aromatic N) is 2. The Morgan fingerprint density at radius 3 is 2.86 bits per heavy atom. The third-order valence-corrected chi connectivity index (χ3v) is 5.59. The zero-order chi connectivity index (χ0) is 15.3. The van der Waals surface area contributed by atoms with E-state index in [1.165, 1.54) is 0 Å². The molecule has 1 aromatic heterocycles. The molecule has 4 rings (SSSR count). The number of likely N-dealkylation sites (N-methyl/N-ethyl adjacent to an activating group) is 1. The highest BCUT2D eigenvalue weighted by molar-refractivity contribution is 5.90. The molecule has 1 amide bonds. The molecule has 0 saturated carbocycles. The molecule has 4 heteroatoms. The molecule has 0 bridgehead atoms. The molecule has 2 aliphatic rings. The monoisotopic (exact) mass is 296 g/mol. The number of carbonyl (C=O) groups is 1. The summed E-state index contributed by atoms with van der Waals surface area (Å²) in [6, 6.07) is 10.2. The van der Waals surface area contributed by atoms with Gasteiger partial charge in [0.15, 0.2) is 0 Å². The predicted octanol–water partition coefficient (Wildman–Crippen LogP) is 2.75. The van der Waals surface area contributed by atoms with E-state index in [0.29, 0.717) is 6.42 Å². The molecular weight excluding hydrogens is 276 g/mol. The summed E-state index contributed by atoms with van der Waals surface area (Å²) in [5.74, 6) is 1.67. The van der Waals surface area contributed by atoms with Gasteiger partial charge in [-0.15, -0.1) is 0 Å². The highest BCUT2D eigenvalue weighted by Crippen LogP contribution is 2.52. The fourth-order valence-electron chi connectivity index (χ4n) is 4.50. The van der Waals surface area contributed by atoms with E-state index in [1.54, 1.807) is 6.20 Å². The molecule has 1 aromatic carbocycles. The van der Waals surface area contributed by atoms with Crippen LogP contribution in [0.25, 0.3) is 0 Å². The van der Waals surface area contributed by atoms with Crippen LogP contribution in [0.4, 0.5) is 0 Å². The Morgan fingerprint density at radius 1 is 1.32 bits per heavy atom. The molecule has 2 aromatic rings. The molecule has 114 valence electrons. The largest absolute Gasteiger partial charge is 0.361 e. The number of amides is 1. The first-order valence-corrected chi connectivity index (χ1v) is 7.89. The lowest BCUT2D eigenvalue weighted by atomic mass is 9.56. The Hall–Kier alpha value is -2.10. The molecular formula is C18H20N2O2. The van der Waals surface area contributed by atoms with E-state index in [4.69, 9.17) is 4.52 Å². The molecule has 22 heavy (non-hydrogen) atoms. The summed E-state index contributed by atoms with van der Waals surface area (Å²) in [7, 11) is 1.91. The maximum absolute atomic E-state index is 13.2. The van der Waals surface area contributed by atoms with Crippen molar-refractivity contribution in [3.63, 3.8) is 0 Å². The third-order valence-electron chi connectivity index (χ3n) is 5.59. The minimum Gasteiger partial charge on any atom is -0.361 e. The Bertz CT molecular complexity index is 709. The van der Waals surface area contributed by atoms with Gasteiger partial charge in [-0.25, -0.2) is 0 Å². The van der Waals surface area contributed by atoms with E-state index in [-0.39, 0.29) is 17.7 Å². The van der Waals surface area contributed by atoms with Crippen molar-refractivity contribution in [2.24, 2.45) is 5.92 Å². The van der Waals surface area contributed by atoms with Gasteiger partial charge >= 0.3 is 0 Å². The van der Waals surface area contributed by atoms with Crippen LogP contribution in [-0.4, -0.2) is 29.6 Å². The lowest BCUT2D eigenvalue weighted by Crippen LogP contribution is -2.59. The first-order valence-electron chi connectivity index (χ1n) is 7.89. The van der Waals surface area contributed by atoms with Crippen molar-refractivity contribution >= 4 is 5.91 Å². The fourth-order valence-corrected chi connectivity index (χ4v) is 4.50. The molecule has 1 saturated heterocycles. The van der Waals surface area contributed by atoms with E-state index in [1.807, 2.05) is 30.1 Å². The van der Waals surface area contributed by atoms with Crippen molar-refractivity contribution in [3.05, 3.63) is 53.4 Å². The van der Waals surface area contributed by atoms with Gasteiger partial charge in [0.2, 0.25) is 5.91 Å². The maximum atomic E-state index is 13.2. The van der Waals surface area contributed by atoms with Crippen LogP contribution in [0.2, 0.25) is 0 Å². The summed E-state index contributed by atoms with van der Waals surface area (Å²) in [6.07, 6.45) is 3.47. The van der Waals surface area contributed by atoms with Gasteiger partial charge in [0.25, 0.3) is 0 Å². The number of aromatic nitrogens is 1. The van der Waals surface area contributed by atoms with E-state index in [0.717, 1.165) is 29.9 Å². The Balaban J connectivity index is 1.94. The molecule has 4 nitrogen and oxygen atoms in total. The first kappa shape index (κ1) is 13.6. The SMILES string of the molecule is C[C@@H]1c2oncc2CC2(c3ccccc3)C(=O)N(C)CC[C@@H]12. The van der Waals surface area contributed by atoms with Crippen molar-refractivity contribution in [1.82, 2.24) is 10.1 Å². The summed E-state index contributed by atoms with van der Waals surface area (Å²) in [6.45, 7) is 2.98. The van der Waals surface area contributed by atoms with Gasteiger partial charge in [-0.2, -0.15) is 0 Å².